The molecule has 0 aliphatic rings. The van der Waals surface area contributed by atoms with E-state index in [4.69, 9.17) is 4.74 Å². The summed E-state index contributed by atoms with van der Waals surface area (Å²) in [7, 11) is -2.44. The van der Waals surface area contributed by atoms with Gasteiger partial charge in [0.1, 0.15) is 0 Å². The van der Waals surface area contributed by atoms with E-state index in [1.54, 1.807) is 31.2 Å². The first-order chi connectivity index (χ1) is 11.8. The van der Waals surface area contributed by atoms with Crippen LogP contribution in [-0.2, 0) is 26.0 Å². The molecule has 6 heteroatoms. The zero-order valence-corrected chi connectivity index (χ0v) is 15.4. The van der Waals surface area contributed by atoms with Crippen LogP contribution in [0.3, 0.4) is 0 Å². The lowest BCUT2D eigenvalue weighted by atomic mass is 9.96. The number of benzene rings is 2. The Labute approximate surface area is 149 Å². The molecular formula is C19H23NO4S. The predicted octanol–water partition coefficient (Wildman–Crippen LogP) is 2.69. The van der Waals surface area contributed by atoms with Crippen LogP contribution < -0.4 is 4.72 Å². The third-order valence-corrected chi connectivity index (χ3v) is 5.62. The van der Waals surface area contributed by atoms with Crippen LogP contribution >= 0.6 is 0 Å². The zero-order valence-electron chi connectivity index (χ0n) is 14.6. The maximum Gasteiger partial charge on any atom is 0.310 e. The molecule has 0 saturated heterocycles. The van der Waals surface area contributed by atoms with Crippen LogP contribution in [0.15, 0.2) is 59.5 Å². The van der Waals surface area contributed by atoms with Crippen LogP contribution in [0.1, 0.15) is 18.1 Å². The number of hydrogen-bond acceptors (Lipinski definition) is 4. The fraction of sp³-hybridized carbons (Fsp3) is 0.316. The van der Waals surface area contributed by atoms with Crippen LogP contribution in [0.5, 0.6) is 0 Å². The van der Waals surface area contributed by atoms with Gasteiger partial charge in [0.05, 0.1) is 17.9 Å². The Morgan fingerprint density at radius 3 is 2.24 bits per heavy atom. The van der Waals surface area contributed by atoms with Crippen LogP contribution in [0.2, 0.25) is 0 Å². The largest absolute Gasteiger partial charge is 0.469 e. The molecule has 0 heterocycles. The average molecular weight is 361 g/mol. The van der Waals surface area contributed by atoms with Gasteiger partial charge in [0.25, 0.3) is 0 Å². The number of sulfonamides is 1. The summed E-state index contributed by atoms with van der Waals surface area (Å²) in [4.78, 5) is 12.1. The topological polar surface area (TPSA) is 72.5 Å². The van der Waals surface area contributed by atoms with Crippen molar-refractivity contribution >= 4 is 16.0 Å². The molecule has 25 heavy (non-hydrogen) atoms. The third kappa shape index (κ3) is 5.14. The lowest BCUT2D eigenvalue weighted by molar-refractivity contribution is -0.145. The number of ether oxygens (including phenoxy) is 1. The Kier molecular flexibility index (Phi) is 6.33. The fourth-order valence-corrected chi connectivity index (χ4v) is 3.84. The molecule has 0 aliphatic heterocycles. The van der Waals surface area contributed by atoms with Crippen LogP contribution in [0.4, 0.5) is 0 Å². The van der Waals surface area contributed by atoms with E-state index in [0.29, 0.717) is 6.42 Å². The number of esters is 1. The number of nitrogens with one attached hydrogen (secondary N) is 1. The second-order valence-corrected chi connectivity index (χ2v) is 7.76. The van der Waals surface area contributed by atoms with Crippen molar-refractivity contribution in [2.45, 2.75) is 31.2 Å². The smallest absolute Gasteiger partial charge is 0.310 e. The molecule has 1 N–H and O–H groups in total. The number of rotatable bonds is 7. The van der Waals surface area contributed by atoms with Crippen molar-refractivity contribution in [1.29, 1.82) is 0 Å². The SMILES string of the molecule is COC(=O)[C@H](C)[C@H](Cc1ccccc1)NS(=O)(=O)c1ccc(C)cc1. The van der Waals surface area contributed by atoms with E-state index < -0.39 is 28.0 Å². The number of carbonyl (C=O) groups is 1. The van der Waals surface area contributed by atoms with E-state index in [9.17, 15) is 13.2 Å². The molecule has 2 aromatic carbocycles. The summed E-state index contributed by atoms with van der Waals surface area (Å²) in [5.74, 6) is -1.07. The predicted molar refractivity (Wildman–Crippen MR) is 96.6 cm³/mol. The Balaban J connectivity index is 2.28. The number of hydrogen-bond donors (Lipinski definition) is 1. The molecule has 2 aromatic rings. The summed E-state index contributed by atoms with van der Waals surface area (Å²) in [6.07, 6.45) is 0.391. The van der Waals surface area contributed by atoms with Crippen LogP contribution in [0, 0.1) is 12.8 Å². The Morgan fingerprint density at radius 1 is 1.08 bits per heavy atom. The van der Waals surface area contributed by atoms with Crippen molar-refractivity contribution in [1.82, 2.24) is 4.72 Å². The molecule has 5 nitrogen and oxygen atoms in total. The van der Waals surface area contributed by atoms with Gasteiger partial charge in [-0.25, -0.2) is 13.1 Å². The normalized spacial score (nSPS) is 13.9. The monoisotopic (exact) mass is 361 g/mol. The molecule has 2 rings (SSSR count). The Morgan fingerprint density at radius 2 is 1.68 bits per heavy atom. The third-order valence-electron chi connectivity index (χ3n) is 4.11. The first-order valence-electron chi connectivity index (χ1n) is 8.04. The van der Waals surface area contributed by atoms with Gasteiger partial charge in [0.2, 0.25) is 10.0 Å². The molecule has 2 atom stereocenters. The summed E-state index contributed by atoms with van der Waals surface area (Å²) in [6.45, 7) is 3.55. The molecule has 0 fully saturated rings. The van der Waals surface area contributed by atoms with Gasteiger partial charge >= 0.3 is 5.97 Å². The van der Waals surface area contributed by atoms with Gasteiger partial charge in [0.15, 0.2) is 0 Å². The van der Waals surface area contributed by atoms with Gasteiger partial charge in [0, 0.05) is 6.04 Å². The van der Waals surface area contributed by atoms with Crippen LogP contribution in [-0.4, -0.2) is 27.5 Å². The van der Waals surface area contributed by atoms with E-state index in [1.165, 1.54) is 7.11 Å². The van der Waals surface area contributed by atoms with Crippen molar-refractivity contribution in [3.05, 3.63) is 65.7 Å². The lowest BCUT2D eigenvalue weighted by Gasteiger charge is -2.23. The molecule has 0 bridgehead atoms. The van der Waals surface area contributed by atoms with E-state index in [1.807, 2.05) is 37.3 Å². The van der Waals surface area contributed by atoms with Crippen molar-refractivity contribution in [3.63, 3.8) is 0 Å². The van der Waals surface area contributed by atoms with Gasteiger partial charge in [-0.15, -0.1) is 0 Å². The maximum atomic E-state index is 12.7. The van der Waals surface area contributed by atoms with E-state index in [2.05, 4.69) is 4.72 Å². The molecule has 0 saturated carbocycles. The van der Waals surface area contributed by atoms with Crippen molar-refractivity contribution in [3.8, 4) is 0 Å². The highest BCUT2D eigenvalue weighted by atomic mass is 32.2. The molecule has 0 spiro atoms. The first kappa shape index (κ1) is 19.1. The summed E-state index contributed by atoms with van der Waals surface area (Å²) >= 11 is 0. The van der Waals surface area contributed by atoms with E-state index >= 15 is 0 Å². The number of methoxy groups -OCH3 is 1. The summed E-state index contributed by atoms with van der Waals surface area (Å²) in [5.41, 5.74) is 1.91. The minimum atomic E-state index is -3.74. The lowest BCUT2D eigenvalue weighted by Crippen LogP contribution is -2.44. The molecule has 0 radical (unpaired) electrons. The van der Waals surface area contributed by atoms with Crippen molar-refractivity contribution in [2.75, 3.05) is 7.11 Å². The molecule has 134 valence electrons. The minimum Gasteiger partial charge on any atom is -0.469 e. The second kappa shape index (κ2) is 8.27. The Bertz CT molecular complexity index is 801. The first-order valence-corrected chi connectivity index (χ1v) is 9.52. The molecular weight excluding hydrogens is 338 g/mol. The quantitative estimate of drug-likeness (QED) is 0.770. The Hall–Kier alpha value is -2.18. The highest BCUT2D eigenvalue weighted by Gasteiger charge is 2.29. The highest BCUT2D eigenvalue weighted by Crippen LogP contribution is 2.17. The minimum absolute atomic E-state index is 0.174. The van der Waals surface area contributed by atoms with Crippen molar-refractivity contribution < 1.29 is 17.9 Å². The number of carbonyl (C=O) groups excluding carboxylic acids is 1. The summed E-state index contributed by atoms with van der Waals surface area (Å²) in [5, 5.41) is 0. The van der Waals surface area contributed by atoms with E-state index in [0.717, 1.165) is 11.1 Å². The fourth-order valence-electron chi connectivity index (χ4n) is 2.52. The zero-order chi connectivity index (χ0) is 18.4. The van der Waals surface area contributed by atoms with Gasteiger partial charge in [-0.2, -0.15) is 0 Å². The molecule has 0 aliphatic carbocycles. The van der Waals surface area contributed by atoms with E-state index in [-0.39, 0.29) is 4.90 Å². The molecule has 0 amide bonds. The van der Waals surface area contributed by atoms with Gasteiger partial charge < -0.3 is 4.74 Å². The number of aryl methyl sites for hydroxylation is 1. The molecule has 0 aromatic heterocycles. The summed E-state index contributed by atoms with van der Waals surface area (Å²) in [6, 6.07) is 15.4. The van der Waals surface area contributed by atoms with Gasteiger partial charge in [-0.1, -0.05) is 55.0 Å². The standard InChI is InChI=1S/C19H23NO4S/c1-14-9-11-17(12-10-14)25(22,23)20-18(15(2)19(21)24-3)13-16-7-5-4-6-8-16/h4-12,15,18,20H,13H2,1-3H3/t15-,18+/m1/s1. The maximum absolute atomic E-state index is 12.7. The van der Waals surface area contributed by atoms with Gasteiger partial charge in [-0.05, 0) is 31.0 Å². The van der Waals surface area contributed by atoms with Crippen molar-refractivity contribution in [2.24, 2.45) is 5.92 Å². The second-order valence-electron chi connectivity index (χ2n) is 6.04. The average Bonchev–Trinajstić information content (AvgIpc) is 2.61. The summed E-state index contributed by atoms with van der Waals surface area (Å²) < 4.78 is 32.8. The van der Waals surface area contributed by atoms with Gasteiger partial charge in [-0.3, -0.25) is 4.79 Å². The molecule has 0 unspecified atom stereocenters. The van der Waals surface area contributed by atoms with Crippen LogP contribution in [0.25, 0.3) is 0 Å². The highest BCUT2D eigenvalue weighted by molar-refractivity contribution is 7.89.